The molecule has 2 nitrogen and oxygen atoms in total. The summed E-state index contributed by atoms with van der Waals surface area (Å²) in [5.41, 5.74) is 2.87. The number of fused-ring (bicyclic) bond motifs is 2. The molecule has 1 aromatic heterocycles. The van der Waals surface area contributed by atoms with Gasteiger partial charge in [0.1, 0.15) is 0 Å². The molecule has 2 fully saturated rings. The highest BCUT2D eigenvalue weighted by Crippen LogP contribution is 2.58. The maximum absolute atomic E-state index is 12.5. The van der Waals surface area contributed by atoms with E-state index in [0.29, 0.717) is 23.5 Å². The molecular formula is C17H17NO. The molecule has 4 rings (SSSR count). The summed E-state index contributed by atoms with van der Waals surface area (Å²) in [7, 11) is 0. The summed E-state index contributed by atoms with van der Waals surface area (Å²) < 4.78 is 0. The number of ketones is 1. The number of carbonyl (C=O) groups excluding carboxylic acids is 1. The Bertz CT molecular complexity index is 666. The van der Waals surface area contributed by atoms with E-state index in [1.54, 1.807) is 0 Å². The number of carbonyl (C=O) groups is 1. The van der Waals surface area contributed by atoms with Gasteiger partial charge in [0.2, 0.25) is 0 Å². The zero-order valence-corrected chi connectivity index (χ0v) is 11.1. The van der Waals surface area contributed by atoms with E-state index >= 15 is 0 Å². The number of hydrogen-bond acceptors (Lipinski definition) is 2. The van der Waals surface area contributed by atoms with Gasteiger partial charge in [0.15, 0.2) is 5.78 Å². The zero-order chi connectivity index (χ0) is 13.0. The van der Waals surface area contributed by atoms with Gasteiger partial charge in [-0.25, -0.2) is 0 Å². The van der Waals surface area contributed by atoms with Crippen LogP contribution in [0.3, 0.4) is 0 Å². The van der Waals surface area contributed by atoms with Crippen LogP contribution in [0.4, 0.5) is 0 Å². The van der Waals surface area contributed by atoms with Crippen molar-refractivity contribution in [2.75, 3.05) is 0 Å². The normalized spacial score (nSPS) is 28.4. The summed E-state index contributed by atoms with van der Waals surface area (Å²) in [4.78, 5) is 17.0. The van der Waals surface area contributed by atoms with Crippen molar-refractivity contribution in [2.24, 2.45) is 17.8 Å². The molecule has 2 aromatic rings. The number of rotatable bonds is 2. The summed E-state index contributed by atoms with van der Waals surface area (Å²) >= 11 is 0. The van der Waals surface area contributed by atoms with Crippen molar-refractivity contribution >= 4 is 16.7 Å². The fraction of sp³-hybridized carbons (Fsp3) is 0.412. The molecule has 1 heterocycles. The molecule has 2 saturated carbocycles. The van der Waals surface area contributed by atoms with E-state index in [9.17, 15) is 4.79 Å². The predicted octanol–water partition coefficient (Wildman–Crippen LogP) is 3.77. The first-order chi connectivity index (χ1) is 9.24. The second kappa shape index (κ2) is 3.89. The molecule has 19 heavy (non-hydrogen) atoms. The molecule has 96 valence electrons. The van der Waals surface area contributed by atoms with Crippen LogP contribution in [-0.4, -0.2) is 10.8 Å². The van der Waals surface area contributed by atoms with Crippen molar-refractivity contribution in [3.63, 3.8) is 0 Å². The van der Waals surface area contributed by atoms with Gasteiger partial charge in [0.05, 0.1) is 5.52 Å². The molecule has 0 bridgehead atoms. The summed E-state index contributed by atoms with van der Waals surface area (Å²) in [5, 5.41) is 1.07. The van der Waals surface area contributed by atoms with Crippen molar-refractivity contribution in [2.45, 2.75) is 26.2 Å². The topological polar surface area (TPSA) is 30.0 Å². The molecule has 0 aliphatic heterocycles. The van der Waals surface area contributed by atoms with Gasteiger partial charge in [-0.05, 0) is 55.9 Å². The summed E-state index contributed by atoms with van der Waals surface area (Å²) in [5.74, 6) is 2.07. The molecule has 2 heteroatoms. The van der Waals surface area contributed by atoms with Gasteiger partial charge < -0.3 is 0 Å². The van der Waals surface area contributed by atoms with Gasteiger partial charge in [-0.15, -0.1) is 0 Å². The van der Waals surface area contributed by atoms with E-state index in [2.05, 4.69) is 11.1 Å². The minimum atomic E-state index is 0.324. The minimum absolute atomic E-state index is 0.324. The second-order valence-electron chi connectivity index (χ2n) is 6.01. The van der Waals surface area contributed by atoms with E-state index in [1.165, 1.54) is 19.3 Å². The standard InChI is InChI=1S/C17H17NO/c1-10-5-6-11-9-12(7-8-15(11)18-10)17(19)16-13-3-2-4-14(13)16/h5-9,13-14,16H,2-4H2,1H3. The highest BCUT2D eigenvalue weighted by molar-refractivity contribution is 6.02. The Morgan fingerprint density at radius 2 is 1.95 bits per heavy atom. The molecule has 2 aliphatic carbocycles. The van der Waals surface area contributed by atoms with E-state index in [0.717, 1.165) is 22.2 Å². The van der Waals surface area contributed by atoms with Crippen LogP contribution in [0.25, 0.3) is 10.9 Å². The van der Waals surface area contributed by atoms with Crippen molar-refractivity contribution in [3.05, 3.63) is 41.6 Å². The van der Waals surface area contributed by atoms with Crippen LogP contribution < -0.4 is 0 Å². The van der Waals surface area contributed by atoms with Crippen LogP contribution >= 0.6 is 0 Å². The predicted molar refractivity (Wildman–Crippen MR) is 75.1 cm³/mol. The second-order valence-corrected chi connectivity index (χ2v) is 6.01. The lowest BCUT2D eigenvalue weighted by Crippen LogP contribution is -2.06. The monoisotopic (exact) mass is 251 g/mol. The van der Waals surface area contributed by atoms with Gasteiger partial charge in [0, 0.05) is 22.6 Å². The Balaban J connectivity index is 1.68. The first-order valence-electron chi connectivity index (χ1n) is 7.16. The molecular weight excluding hydrogens is 234 g/mol. The lowest BCUT2D eigenvalue weighted by molar-refractivity contribution is 0.0951. The quantitative estimate of drug-likeness (QED) is 0.760. The third-order valence-electron chi connectivity index (χ3n) is 4.82. The van der Waals surface area contributed by atoms with Gasteiger partial charge >= 0.3 is 0 Å². The Morgan fingerprint density at radius 1 is 1.16 bits per heavy atom. The molecule has 2 unspecified atom stereocenters. The Kier molecular flexibility index (Phi) is 2.29. The van der Waals surface area contributed by atoms with Crippen molar-refractivity contribution in [3.8, 4) is 0 Å². The maximum atomic E-state index is 12.5. The number of nitrogens with zero attached hydrogens (tertiary/aromatic N) is 1. The fourth-order valence-electron chi connectivity index (χ4n) is 3.78. The van der Waals surface area contributed by atoms with E-state index in [-0.39, 0.29) is 0 Å². The lowest BCUT2D eigenvalue weighted by atomic mass is 10.00. The highest BCUT2D eigenvalue weighted by atomic mass is 16.1. The molecule has 0 amide bonds. The molecule has 1 aromatic carbocycles. The Hall–Kier alpha value is -1.70. The SMILES string of the molecule is Cc1ccc2cc(C(=O)C3C4CCCC43)ccc2n1. The van der Waals surface area contributed by atoms with Gasteiger partial charge in [-0.2, -0.15) is 0 Å². The molecule has 0 radical (unpaired) electrons. The number of pyridine rings is 1. The smallest absolute Gasteiger partial charge is 0.166 e. The summed E-state index contributed by atoms with van der Waals surface area (Å²) in [6.07, 6.45) is 3.84. The van der Waals surface area contributed by atoms with E-state index in [4.69, 9.17) is 0 Å². The molecule has 0 spiro atoms. The third kappa shape index (κ3) is 1.70. The third-order valence-corrected chi connectivity index (χ3v) is 4.82. The Morgan fingerprint density at radius 3 is 2.74 bits per heavy atom. The van der Waals surface area contributed by atoms with Crippen LogP contribution in [0.5, 0.6) is 0 Å². The van der Waals surface area contributed by atoms with Crippen LogP contribution in [-0.2, 0) is 0 Å². The average Bonchev–Trinajstić information content (AvgIpc) is 2.89. The van der Waals surface area contributed by atoms with Crippen LogP contribution in [0.15, 0.2) is 30.3 Å². The van der Waals surface area contributed by atoms with E-state index in [1.807, 2.05) is 31.2 Å². The van der Waals surface area contributed by atoms with E-state index < -0.39 is 0 Å². The number of aryl methyl sites for hydroxylation is 1. The zero-order valence-electron chi connectivity index (χ0n) is 11.1. The summed E-state index contributed by atoms with van der Waals surface area (Å²) in [6, 6.07) is 10.0. The van der Waals surface area contributed by atoms with Gasteiger partial charge in [0.25, 0.3) is 0 Å². The number of aromatic nitrogens is 1. The first-order valence-corrected chi connectivity index (χ1v) is 7.16. The van der Waals surface area contributed by atoms with Gasteiger partial charge in [-0.1, -0.05) is 12.5 Å². The largest absolute Gasteiger partial charge is 0.294 e. The number of hydrogen-bond donors (Lipinski definition) is 0. The van der Waals surface area contributed by atoms with Gasteiger partial charge in [-0.3, -0.25) is 9.78 Å². The van der Waals surface area contributed by atoms with Crippen molar-refractivity contribution < 1.29 is 4.79 Å². The lowest BCUT2D eigenvalue weighted by Gasteiger charge is -2.05. The highest BCUT2D eigenvalue weighted by Gasteiger charge is 2.56. The van der Waals surface area contributed by atoms with Crippen LogP contribution in [0.2, 0.25) is 0 Å². The van der Waals surface area contributed by atoms with Crippen LogP contribution in [0, 0.1) is 24.7 Å². The van der Waals surface area contributed by atoms with Crippen LogP contribution in [0.1, 0.15) is 35.3 Å². The summed E-state index contributed by atoms with van der Waals surface area (Å²) in [6.45, 7) is 1.99. The maximum Gasteiger partial charge on any atom is 0.166 e. The number of benzene rings is 1. The Labute approximate surface area is 112 Å². The molecule has 0 N–H and O–H groups in total. The minimum Gasteiger partial charge on any atom is -0.294 e. The number of Topliss-reactive ketones (excluding diaryl/α,β-unsaturated/α-hetero) is 1. The fourth-order valence-corrected chi connectivity index (χ4v) is 3.78. The molecule has 2 aliphatic rings. The first kappa shape index (κ1) is 11.2. The van der Waals surface area contributed by atoms with Crippen molar-refractivity contribution in [1.82, 2.24) is 4.98 Å². The molecule has 2 atom stereocenters. The van der Waals surface area contributed by atoms with Crippen molar-refractivity contribution in [1.29, 1.82) is 0 Å². The molecule has 0 saturated heterocycles. The average molecular weight is 251 g/mol.